The van der Waals surface area contributed by atoms with Crippen LogP contribution in [0.1, 0.15) is 15.9 Å². The Morgan fingerprint density at radius 2 is 1.86 bits per heavy atom. The van der Waals surface area contributed by atoms with Crippen LogP contribution in [0.25, 0.3) is 0 Å². The summed E-state index contributed by atoms with van der Waals surface area (Å²) >= 11 is 5.89. The maximum absolute atomic E-state index is 12.0. The Bertz CT molecular complexity index is 690. The molecule has 2 aromatic rings. The molecular weight excluding hydrogens is 290 g/mol. The Labute approximate surface area is 127 Å². The molecule has 0 fully saturated rings. The zero-order valence-corrected chi connectivity index (χ0v) is 12.1. The van der Waals surface area contributed by atoms with Gasteiger partial charge in [0.05, 0.1) is 17.7 Å². The molecule has 0 aromatic heterocycles. The molecule has 0 aliphatic heterocycles. The first-order chi connectivity index (χ1) is 10.1. The fraction of sp³-hybridized carbons (Fsp3) is 0.125. The Balaban J connectivity index is 2.00. The van der Waals surface area contributed by atoms with E-state index in [9.17, 15) is 4.79 Å². The highest BCUT2D eigenvalue weighted by Gasteiger charge is 2.08. The standard InChI is InChI=1S/C16H12ClNO3/c1-20-13-5-2-11(3-6-13)16(19)10-21-14-7-4-12(9-18)15(17)8-14/h2-8H,10H2,1H3. The molecule has 2 aromatic carbocycles. The highest BCUT2D eigenvalue weighted by atomic mass is 35.5. The summed E-state index contributed by atoms with van der Waals surface area (Å²) in [4.78, 5) is 12.0. The molecule has 5 heteroatoms. The number of rotatable bonds is 5. The molecule has 4 nitrogen and oxygen atoms in total. The predicted octanol–water partition coefficient (Wildman–Crippen LogP) is 3.48. The van der Waals surface area contributed by atoms with Crippen LogP contribution < -0.4 is 9.47 Å². The summed E-state index contributed by atoms with van der Waals surface area (Å²) in [5.74, 6) is 0.977. The maximum atomic E-state index is 12.0. The second-order valence-electron chi connectivity index (χ2n) is 4.19. The number of carbonyl (C=O) groups is 1. The summed E-state index contributed by atoms with van der Waals surface area (Å²) in [5, 5.41) is 9.08. The molecule has 0 spiro atoms. The molecule has 2 rings (SSSR count). The number of nitrogens with zero attached hydrogens (tertiary/aromatic N) is 1. The molecule has 0 unspecified atom stereocenters. The van der Waals surface area contributed by atoms with Crippen LogP contribution >= 0.6 is 11.6 Å². The molecule has 0 N–H and O–H groups in total. The van der Waals surface area contributed by atoms with E-state index < -0.39 is 0 Å². The van der Waals surface area contributed by atoms with Gasteiger partial charge >= 0.3 is 0 Å². The minimum absolute atomic E-state index is 0.103. The third kappa shape index (κ3) is 3.74. The Morgan fingerprint density at radius 1 is 1.19 bits per heavy atom. The summed E-state index contributed by atoms with van der Waals surface area (Å²) in [6, 6.07) is 13.4. The van der Waals surface area contributed by atoms with Gasteiger partial charge in [-0.3, -0.25) is 4.79 Å². The summed E-state index contributed by atoms with van der Waals surface area (Å²) in [6.07, 6.45) is 0. The smallest absolute Gasteiger partial charge is 0.200 e. The molecule has 0 aliphatic carbocycles. The van der Waals surface area contributed by atoms with Gasteiger partial charge in [-0.2, -0.15) is 5.26 Å². The van der Waals surface area contributed by atoms with Crippen molar-refractivity contribution in [3.63, 3.8) is 0 Å². The van der Waals surface area contributed by atoms with Gasteiger partial charge in [0.15, 0.2) is 12.4 Å². The van der Waals surface area contributed by atoms with Crippen LogP contribution in [0.4, 0.5) is 0 Å². The van der Waals surface area contributed by atoms with Crippen LogP contribution in [0.3, 0.4) is 0 Å². The first kappa shape index (κ1) is 14.9. The van der Waals surface area contributed by atoms with Crippen molar-refractivity contribution >= 4 is 17.4 Å². The third-order valence-corrected chi connectivity index (χ3v) is 3.16. The Morgan fingerprint density at radius 3 is 2.43 bits per heavy atom. The number of halogens is 1. The summed E-state index contributed by atoms with van der Waals surface area (Å²) in [6.45, 7) is -0.103. The van der Waals surface area contributed by atoms with Crippen molar-refractivity contribution in [2.24, 2.45) is 0 Å². The number of ketones is 1. The Hall–Kier alpha value is -2.51. The van der Waals surface area contributed by atoms with Crippen LogP contribution in [0.15, 0.2) is 42.5 Å². The van der Waals surface area contributed by atoms with E-state index in [1.165, 1.54) is 6.07 Å². The Kier molecular flexibility index (Phi) is 4.81. The lowest BCUT2D eigenvalue weighted by Crippen LogP contribution is -2.11. The van der Waals surface area contributed by atoms with E-state index in [1.807, 2.05) is 6.07 Å². The molecule has 0 saturated heterocycles. The lowest BCUT2D eigenvalue weighted by Gasteiger charge is -2.07. The van der Waals surface area contributed by atoms with Gasteiger partial charge in [-0.1, -0.05) is 11.6 Å². The van der Waals surface area contributed by atoms with Gasteiger partial charge in [-0.05, 0) is 36.4 Å². The minimum Gasteiger partial charge on any atom is -0.497 e. The van der Waals surface area contributed by atoms with Crippen LogP contribution in [0.5, 0.6) is 11.5 Å². The molecule has 0 atom stereocenters. The normalized spacial score (nSPS) is 9.76. The molecule has 21 heavy (non-hydrogen) atoms. The second kappa shape index (κ2) is 6.78. The number of hydrogen-bond donors (Lipinski definition) is 0. The number of methoxy groups -OCH3 is 1. The lowest BCUT2D eigenvalue weighted by atomic mass is 10.1. The number of carbonyl (C=O) groups excluding carboxylic acids is 1. The monoisotopic (exact) mass is 301 g/mol. The van der Waals surface area contributed by atoms with E-state index in [-0.39, 0.29) is 12.4 Å². The van der Waals surface area contributed by atoms with Crippen LogP contribution in [-0.2, 0) is 0 Å². The van der Waals surface area contributed by atoms with Crippen molar-refractivity contribution in [3.05, 3.63) is 58.6 Å². The van der Waals surface area contributed by atoms with E-state index in [2.05, 4.69) is 0 Å². The van der Waals surface area contributed by atoms with Gasteiger partial charge in [0.1, 0.15) is 17.6 Å². The SMILES string of the molecule is COc1ccc(C(=O)COc2ccc(C#N)c(Cl)c2)cc1. The predicted molar refractivity (Wildman–Crippen MR) is 79.0 cm³/mol. The molecule has 0 amide bonds. The second-order valence-corrected chi connectivity index (χ2v) is 4.60. The minimum atomic E-state index is -0.155. The van der Waals surface area contributed by atoms with Crippen molar-refractivity contribution in [3.8, 4) is 17.6 Å². The van der Waals surface area contributed by atoms with Crippen molar-refractivity contribution in [1.29, 1.82) is 5.26 Å². The average molecular weight is 302 g/mol. The maximum Gasteiger partial charge on any atom is 0.200 e. The van der Waals surface area contributed by atoms with Gasteiger partial charge in [0.2, 0.25) is 0 Å². The zero-order chi connectivity index (χ0) is 15.2. The van der Waals surface area contributed by atoms with E-state index in [4.69, 9.17) is 26.3 Å². The largest absolute Gasteiger partial charge is 0.497 e. The molecular formula is C16H12ClNO3. The van der Waals surface area contributed by atoms with Crippen molar-refractivity contribution in [2.45, 2.75) is 0 Å². The third-order valence-electron chi connectivity index (χ3n) is 2.84. The van der Waals surface area contributed by atoms with Crippen LogP contribution in [0.2, 0.25) is 5.02 Å². The molecule has 0 saturated carbocycles. The van der Waals surface area contributed by atoms with Crippen LogP contribution in [0, 0.1) is 11.3 Å². The van der Waals surface area contributed by atoms with Gasteiger partial charge < -0.3 is 9.47 Å². The highest BCUT2D eigenvalue weighted by molar-refractivity contribution is 6.31. The van der Waals surface area contributed by atoms with E-state index in [0.717, 1.165) is 0 Å². The van der Waals surface area contributed by atoms with Crippen LogP contribution in [-0.4, -0.2) is 19.5 Å². The molecule has 0 radical (unpaired) electrons. The molecule has 0 aliphatic rings. The number of ether oxygens (including phenoxy) is 2. The van der Waals surface area contributed by atoms with E-state index in [1.54, 1.807) is 43.5 Å². The highest BCUT2D eigenvalue weighted by Crippen LogP contribution is 2.22. The van der Waals surface area contributed by atoms with E-state index >= 15 is 0 Å². The quantitative estimate of drug-likeness (QED) is 0.793. The molecule has 0 heterocycles. The van der Waals surface area contributed by atoms with Crippen molar-refractivity contribution in [1.82, 2.24) is 0 Å². The molecule has 106 valence electrons. The number of Topliss-reactive ketones (excluding diaryl/α,β-unsaturated/α-hetero) is 1. The molecule has 0 bridgehead atoms. The average Bonchev–Trinajstić information content (AvgIpc) is 2.52. The van der Waals surface area contributed by atoms with Gasteiger partial charge in [0, 0.05) is 11.6 Å². The first-order valence-electron chi connectivity index (χ1n) is 6.13. The summed E-state index contributed by atoms with van der Waals surface area (Å²) in [5.41, 5.74) is 0.904. The number of hydrogen-bond acceptors (Lipinski definition) is 4. The fourth-order valence-electron chi connectivity index (χ4n) is 1.69. The number of benzene rings is 2. The van der Waals surface area contributed by atoms with E-state index in [0.29, 0.717) is 27.6 Å². The van der Waals surface area contributed by atoms with Crippen molar-refractivity contribution < 1.29 is 14.3 Å². The number of nitriles is 1. The summed E-state index contributed by atoms with van der Waals surface area (Å²) in [7, 11) is 1.56. The fourth-order valence-corrected chi connectivity index (χ4v) is 1.90. The topological polar surface area (TPSA) is 59.3 Å². The van der Waals surface area contributed by atoms with Gasteiger partial charge in [-0.25, -0.2) is 0 Å². The van der Waals surface area contributed by atoms with Gasteiger partial charge in [-0.15, -0.1) is 0 Å². The lowest BCUT2D eigenvalue weighted by molar-refractivity contribution is 0.0921. The first-order valence-corrected chi connectivity index (χ1v) is 6.51. The van der Waals surface area contributed by atoms with Crippen molar-refractivity contribution in [2.75, 3.05) is 13.7 Å². The zero-order valence-electron chi connectivity index (χ0n) is 11.3. The van der Waals surface area contributed by atoms with Gasteiger partial charge in [0.25, 0.3) is 0 Å². The summed E-state index contributed by atoms with van der Waals surface area (Å²) < 4.78 is 10.4.